The summed E-state index contributed by atoms with van der Waals surface area (Å²) in [6, 6.07) is 0. The smallest absolute Gasteiger partial charge is 0.246 e. The maximum atomic E-state index is 12.4. The second kappa shape index (κ2) is 5.27. The average Bonchev–Trinajstić information content (AvgIpc) is 2.44. The number of likely N-dealkylation sites (tertiary alicyclic amines) is 1. The third-order valence-corrected chi connectivity index (χ3v) is 4.08. The molecule has 6 nitrogen and oxygen atoms in total. The van der Waals surface area contributed by atoms with E-state index in [1.54, 1.807) is 4.90 Å². The number of aromatic nitrogens is 2. The van der Waals surface area contributed by atoms with Crippen molar-refractivity contribution in [1.82, 2.24) is 19.8 Å². The van der Waals surface area contributed by atoms with Gasteiger partial charge in [-0.1, -0.05) is 6.58 Å². The first-order chi connectivity index (χ1) is 10.1. The van der Waals surface area contributed by atoms with Gasteiger partial charge in [-0.3, -0.25) is 9.59 Å². The molecule has 0 aromatic carbocycles. The highest BCUT2D eigenvalue weighted by Gasteiger charge is 2.37. The Morgan fingerprint density at radius 2 is 2.14 bits per heavy atom. The second-order valence-electron chi connectivity index (χ2n) is 5.54. The number of carbonyl (C=O) groups is 2. The number of amides is 2. The van der Waals surface area contributed by atoms with Gasteiger partial charge in [0.1, 0.15) is 5.82 Å². The third-order valence-electron chi connectivity index (χ3n) is 4.08. The fourth-order valence-corrected chi connectivity index (χ4v) is 2.81. The van der Waals surface area contributed by atoms with E-state index in [0.717, 1.165) is 23.5 Å². The molecule has 1 aromatic rings. The van der Waals surface area contributed by atoms with E-state index in [1.165, 1.54) is 6.08 Å². The van der Waals surface area contributed by atoms with Gasteiger partial charge in [0.15, 0.2) is 0 Å². The second-order valence-corrected chi connectivity index (χ2v) is 5.54. The van der Waals surface area contributed by atoms with Gasteiger partial charge < -0.3 is 9.80 Å². The Kier molecular flexibility index (Phi) is 3.45. The van der Waals surface area contributed by atoms with Gasteiger partial charge in [0, 0.05) is 44.4 Å². The first-order valence-electron chi connectivity index (χ1n) is 7.10. The number of aryl methyl sites for hydroxylation is 1. The highest BCUT2D eigenvalue weighted by molar-refractivity contribution is 5.90. The number of hydrogen-bond acceptors (Lipinski definition) is 4. The molecule has 2 amide bonds. The van der Waals surface area contributed by atoms with Crippen LogP contribution < -0.4 is 0 Å². The molecule has 3 rings (SSSR count). The molecule has 0 atom stereocenters. The molecule has 0 saturated carbocycles. The lowest BCUT2D eigenvalue weighted by atomic mass is 9.96. The predicted molar refractivity (Wildman–Crippen MR) is 76.2 cm³/mol. The standard InChI is InChI=1S/C15H18N4O2/c1-3-14(20)19-8-12(9-19)15(21)18-5-4-13-11(7-18)6-16-10(2)17-13/h3,6,12H,1,4-5,7-9H2,2H3. The highest BCUT2D eigenvalue weighted by Crippen LogP contribution is 2.23. The van der Waals surface area contributed by atoms with Crippen LogP contribution in [0, 0.1) is 12.8 Å². The summed E-state index contributed by atoms with van der Waals surface area (Å²) in [5, 5.41) is 0. The van der Waals surface area contributed by atoms with Gasteiger partial charge in [-0.2, -0.15) is 0 Å². The van der Waals surface area contributed by atoms with Crippen LogP contribution >= 0.6 is 0 Å². The Morgan fingerprint density at radius 1 is 1.38 bits per heavy atom. The Morgan fingerprint density at radius 3 is 2.86 bits per heavy atom. The number of nitrogens with zero attached hydrogens (tertiary/aromatic N) is 4. The minimum Gasteiger partial charge on any atom is -0.337 e. The highest BCUT2D eigenvalue weighted by atomic mass is 16.2. The van der Waals surface area contributed by atoms with E-state index in [4.69, 9.17) is 0 Å². The van der Waals surface area contributed by atoms with E-state index in [-0.39, 0.29) is 17.7 Å². The fourth-order valence-electron chi connectivity index (χ4n) is 2.81. The molecular weight excluding hydrogens is 268 g/mol. The van der Waals surface area contributed by atoms with Crippen molar-refractivity contribution in [2.24, 2.45) is 5.92 Å². The number of hydrogen-bond donors (Lipinski definition) is 0. The first-order valence-corrected chi connectivity index (χ1v) is 7.10. The minimum absolute atomic E-state index is 0.0817. The van der Waals surface area contributed by atoms with Crippen molar-refractivity contribution >= 4 is 11.8 Å². The molecule has 6 heteroatoms. The topological polar surface area (TPSA) is 66.4 Å². The van der Waals surface area contributed by atoms with Crippen molar-refractivity contribution in [3.05, 3.63) is 35.9 Å². The molecule has 3 heterocycles. The summed E-state index contributed by atoms with van der Waals surface area (Å²) in [4.78, 5) is 35.9. The van der Waals surface area contributed by atoms with Gasteiger partial charge in [0.2, 0.25) is 11.8 Å². The van der Waals surface area contributed by atoms with E-state index in [2.05, 4.69) is 16.5 Å². The Bertz CT molecular complexity index is 608. The molecule has 2 aliphatic heterocycles. The molecule has 110 valence electrons. The maximum Gasteiger partial charge on any atom is 0.246 e. The minimum atomic E-state index is -0.105. The van der Waals surface area contributed by atoms with E-state index in [1.807, 2.05) is 18.0 Å². The van der Waals surface area contributed by atoms with E-state index >= 15 is 0 Å². The summed E-state index contributed by atoms with van der Waals surface area (Å²) in [6.07, 6.45) is 3.87. The van der Waals surface area contributed by atoms with Crippen LogP contribution in [-0.4, -0.2) is 51.2 Å². The van der Waals surface area contributed by atoms with Crippen molar-refractivity contribution in [3.8, 4) is 0 Å². The molecule has 0 spiro atoms. The largest absolute Gasteiger partial charge is 0.337 e. The summed E-state index contributed by atoms with van der Waals surface area (Å²) in [5.74, 6) is 0.703. The summed E-state index contributed by atoms with van der Waals surface area (Å²) in [6.45, 7) is 7.58. The van der Waals surface area contributed by atoms with Crippen LogP contribution in [0.25, 0.3) is 0 Å². The normalized spacial score (nSPS) is 18.0. The van der Waals surface area contributed by atoms with Crippen LogP contribution in [0.3, 0.4) is 0 Å². The van der Waals surface area contributed by atoms with E-state index < -0.39 is 0 Å². The lowest BCUT2D eigenvalue weighted by molar-refractivity contribution is -0.146. The first kappa shape index (κ1) is 13.7. The Balaban J connectivity index is 1.62. The monoisotopic (exact) mass is 286 g/mol. The lowest BCUT2D eigenvalue weighted by Gasteiger charge is -2.41. The molecular formula is C15H18N4O2. The van der Waals surface area contributed by atoms with Gasteiger partial charge in [-0.05, 0) is 13.0 Å². The van der Waals surface area contributed by atoms with Gasteiger partial charge in [-0.25, -0.2) is 9.97 Å². The number of rotatable bonds is 2. The zero-order valence-corrected chi connectivity index (χ0v) is 12.1. The van der Waals surface area contributed by atoms with Crippen LogP contribution in [0.4, 0.5) is 0 Å². The quantitative estimate of drug-likeness (QED) is 0.734. The molecule has 1 saturated heterocycles. The Hall–Kier alpha value is -2.24. The number of carbonyl (C=O) groups excluding carboxylic acids is 2. The predicted octanol–water partition coefficient (Wildman–Crippen LogP) is 0.314. The van der Waals surface area contributed by atoms with Gasteiger partial charge in [0.05, 0.1) is 11.6 Å². The zero-order valence-electron chi connectivity index (χ0n) is 12.1. The van der Waals surface area contributed by atoms with Crippen LogP contribution in [0.1, 0.15) is 17.1 Å². The third kappa shape index (κ3) is 2.53. The molecule has 1 aromatic heterocycles. The number of fused-ring (bicyclic) bond motifs is 1. The zero-order chi connectivity index (χ0) is 15.0. The van der Waals surface area contributed by atoms with Crippen LogP contribution in [0.2, 0.25) is 0 Å². The van der Waals surface area contributed by atoms with Crippen molar-refractivity contribution in [2.75, 3.05) is 19.6 Å². The fraction of sp³-hybridized carbons (Fsp3) is 0.467. The van der Waals surface area contributed by atoms with Crippen LogP contribution in [-0.2, 0) is 22.6 Å². The molecule has 21 heavy (non-hydrogen) atoms. The SMILES string of the molecule is C=CC(=O)N1CC(C(=O)N2CCc3nc(C)ncc3C2)C1. The molecule has 0 radical (unpaired) electrons. The summed E-state index contributed by atoms with van der Waals surface area (Å²) >= 11 is 0. The average molecular weight is 286 g/mol. The summed E-state index contributed by atoms with van der Waals surface area (Å²) < 4.78 is 0. The van der Waals surface area contributed by atoms with Gasteiger partial charge in [0.25, 0.3) is 0 Å². The summed E-state index contributed by atoms with van der Waals surface area (Å²) in [7, 11) is 0. The van der Waals surface area contributed by atoms with Crippen molar-refractivity contribution in [2.45, 2.75) is 19.9 Å². The molecule has 0 bridgehead atoms. The van der Waals surface area contributed by atoms with Crippen LogP contribution in [0.5, 0.6) is 0 Å². The van der Waals surface area contributed by atoms with Crippen molar-refractivity contribution in [1.29, 1.82) is 0 Å². The van der Waals surface area contributed by atoms with E-state index in [0.29, 0.717) is 26.2 Å². The molecule has 1 fully saturated rings. The lowest BCUT2D eigenvalue weighted by Crippen LogP contribution is -2.56. The van der Waals surface area contributed by atoms with Crippen molar-refractivity contribution < 1.29 is 9.59 Å². The van der Waals surface area contributed by atoms with Gasteiger partial charge >= 0.3 is 0 Å². The van der Waals surface area contributed by atoms with Crippen LogP contribution in [0.15, 0.2) is 18.9 Å². The van der Waals surface area contributed by atoms with E-state index in [9.17, 15) is 9.59 Å². The molecule has 0 unspecified atom stereocenters. The molecule has 0 N–H and O–H groups in total. The molecule has 0 aliphatic carbocycles. The van der Waals surface area contributed by atoms with Crippen molar-refractivity contribution in [3.63, 3.8) is 0 Å². The van der Waals surface area contributed by atoms with Gasteiger partial charge in [-0.15, -0.1) is 0 Å². The Labute approximate surface area is 123 Å². The summed E-state index contributed by atoms with van der Waals surface area (Å²) in [5.41, 5.74) is 2.07. The maximum absolute atomic E-state index is 12.4. The molecule has 2 aliphatic rings.